The average Bonchev–Trinajstić information content (AvgIpc) is 2.78. The molecule has 5 heteroatoms. The Kier molecular flexibility index (Phi) is 5.95. The molecule has 0 aromatic rings. The average molecular weight is 256 g/mol. The lowest BCUT2D eigenvalue weighted by Crippen LogP contribution is -2.47. The molecule has 0 unspecified atom stereocenters. The molecule has 0 aromatic carbocycles. The van der Waals surface area contributed by atoms with Gasteiger partial charge in [-0.3, -0.25) is 4.79 Å². The number of nitrogens with one attached hydrogen (secondary N) is 1. The van der Waals surface area contributed by atoms with Crippen LogP contribution in [0.25, 0.3) is 0 Å². The Morgan fingerprint density at radius 1 is 1.33 bits per heavy atom. The molecular formula is C13H24N2O3. The van der Waals surface area contributed by atoms with E-state index in [1.54, 1.807) is 0 Å². The van der Waals surface area contributed by atoms with E-state index in [0.29, 0.717) is 12.0 Å². The van der Waals surface area contributed by atoms with Crippen molar-refractivity contribution < 1.29 is 14.7 Å². The highest BCUT2D eigenvalue weighted by Gasteiger charge is 2.26. The summed E-state index contributed by atoms with van der Waals surface area (Å²) in [6.07, 6.45) is 4.48. The molecule has 1 rings (SSSR count). The van der Waals surface area contributed by atoms with Gasteiger partial charge in [0.25, 0.3) is 0 Å². The van der Waals surface area contributed by atoms with Gasteiger partial charge in [-0.05, 0) is 18.8 Å². The largest absolute Gasteiger partial charge is 0.481 e. The molecule has 2 amide bonds. The van der Waals surface area contributed by atoms with Crippen molar-refractivity contribution in [3.8, 4) is 0 Å². The molecule has 18 heavy (non-hydrogen) atoms. The standard InChI is InChI=1S/C13H24N2O3/c1-10(2)9-15(11-5-3-4-6-11)13(18)14-8-7-12(16)17/h10-11H,3-9H2,1-2H3,(H,14,18)(H,16,17). The van der Waals surface area contributed by atoms with Crippen LogP contribution in [0.2, 0.25) is 0 Å². The van der Waals surface area contributed by atoms with Crippen LogP contribution < -0.4 is 5.32 Å². The predicted octanol–water partition coefficient (Wildman–Crippen LogP) is 2.07. The Morgan fingerprint density at radius 2 is 1.94 bits per heavy atom. The first-order chi connectivity index (χ1) is 8.50. The van der Waals surface area contributed by atoms with Crippen molar-refractivity contribution in [2.75, 3.05) is 13.1 Å². The first kappa shape index (κ1) is 14.8. The van der Waals surface area contributed by atoms with E-state index in [-0.39, 0.29) is 19.0 Å². The zero-order chi connectivity index (χ0) is 13.5. The van der Waals surface area contributed by atoms with E-state index in [1.165, 1.54) is 12.8 Å². The molecule has 0 atom stereocenters. The zero-order valence-electron chi connectivity index (χ0n) is 11.3. The van der Waals surface area contributed by atoms with Crippen molar-refractivity contribution in [3.63, 3.8) is 0 Å². The second-order valence-corrected chi connectivity index (χ2v) is 5.36. The van der Waals surface area contributed by atoms with Gasteiger partial charge in [-0.1, -0.05) is 26.7 Å². The Bertz CT molecular complexity index is 286. The molecule has 1 aliphatic rings. The first-order valence-electron chi connectivity index (χ1n) is 6.77. The molecule has 0 radical (unpaired) electrons. The number of nitrogens with zero attached hydrogens (tertiary/aromatic N) is 1. The van der Waals surface area contributed by atoms with Crippen LogP contribution in [0.1, 0.15) is 46.0 Å². The van der Waals surface area contributed by atoms with Gasteiger partial charge in [0.15, 0.2) is 0 Å². The molecule has 0 heterocycles. The van der Waals surface area contributed by atoms with E-state index < -0.39 is 5.97 Å². The number of hydrogen-bond donors (Lipinski definition) is 2. The highest BCUT2D eigenvalue weighted by molar-refractivity contribution is 5.75. The third-order valence-electron chi connectivity index (χ3n) is 3.20. The topological polar surface area (TPSA) is 69.6 Å². The van der Waals surface area contributed by atoms with Crippen molar-refractivity contribution in [3.05, 3.63) is 0 Å². The van der Waals surface area contributed by atoms with Crippen LogP contribution in [0.5, 0.6) is 0 Å². The highest BCUT2D eigenvalue weighted by atomic mass is 16.4. The Morgan fingerprint density at radius 3 is 2.44 bits per heavy atom. The van der Waals surface area contributed by atoms with Crippen LogP contribution in [0.4, 0.5) is 4.79 Å². The minimum atomic E-state index is -0.883. The van der Waals surface area contributed by atoms with E-state index >= 15 is 0 Å². The first-order valence-corrected chi connectivity index (χ1v) is 6.77. The molecule has 0 spiro atoms. The number of carbonyl (C=O) groups is 2. The molecule has 1 saturated carbocycles. The van der Waals surface area contributed by atoms with Crippen LogP contribution in [0.3, 0.4) is 0 Å². The van der Waals surface area contributed by atoms with Crippen molar-refractivity contribution in [2.24, 2.45) is 5.92 Å². The molecule has 0 bridgehead atoms. The Labute approximate surface area is 109 Å². The summed E-state index contributed by atoms with van der Waals surface area (Å²) in [4.78, 5) is 24.4. The van der Waals surface area contributed by atoms with Crippen LogP contribution in [-0.4, -0.2) is 41.1 Å². The number of amides is 2. The quantitative estimate of drug-likeness (QED) is 0.764. The van der Waals surface area contributed by atoms with Crippen LogP contribution in [-0.2, 0) is 4.79 Å². The summed E-state index contributed by atoms with van der Waals surface area (Å²) in [6, 6.07) is 0.217. The molecule has 5 nitrogen and oxygen atoms in total. The number of hydrogen-bond acceptors (Lipinski definition) is 2. The normalized spacial score (nSPS) is 15.9. The smallest absolute Gasteiger partial charge is 0.317 e. The molecule has 2 N–H and O–H groups in total. The summed E-state index contributed by atoms with van der Waals surface area (Å²) < 4.78 is 0. The minimum Gasteiger partial charge on any atom is -0.481 e. The Balaban J connectivity index is 2.47. The lowest BCUT2D eigenvalue weighted by molar-refractivity contribution is -0.136. The number of carboxylic acids is 1. The van der Waals surface area contributed by atoms with Gasteiger partial charge in [0.2, 0.25) is 0 Å². The molecule has 0 aromatic heterocycles. The summed E-state index contributed by atoms with van der Waals surface area (Å²) in [5, 5.41) is 11.3. The summed E-state index contributed by atoms with van der Waals surface area (Å²) in [6.45, 7) is 5.12. The van der Waals surface area contributed by atoms with Crippen molar-refractivity contribution >= 4 is 12.0 Å². The fourth-order valence-corrected chi connectivity index (χ4v) is 2.39. The van der Waals surface area contributed by atoms with E-state index in [9.17, 15) is 9.59 Å². The molecule has 0 saturated heterocycles. The van der Waals surface area contributed by atoms with Crippen LogP contribution in [0, 0.1) is 5.92 Å². The molecule has 1 fully saturated rings. The lowest BCUT2D eigenvalue weighted by atomic mass is 10.1. The second kappa shape index (κ2) is 7.24. The maximum absolute atomic E-state index is 12.1. The zero-order valence-corrected chi connectivity index (χ0v) is 11.3. The van der Waals surface area contributed by atoms with Gasteiger partial charge in [0.05, 0.1) is 6.42 Å². The number of rotatable bonds is 6. The molecule has 1 aliphatic carbocycles. The monoisotopic (exact) mass is 256 g/mol. The van der Waals surface area contributed by atoms with E-state index in [2.05, 4.69) is 19.2 Å². The third-order valence-corrected chi connectivity index (χ3v) is 3.20. The number of aliphatic carboxylic acids is 1. The molecular weight excluding hydrogens is 232 g/mol. The summed E-state index contributed by atoms with van der Waals surface area (Å²) in [5.74, 6) is -0.456. The van der Waals surface area contributed by atoms with Gasteiger partial charge < -0.3 is 15.3 Å². The summed E-state index contributed by atoms with van der Waals surface area (Å²) in [7, 11) is 0. The van der Waals surface area contributed by atoms with E-state index in [1.807, 2.05) is 4.90 Å². The van der Waals surface area contributed by atoms with Gasteiger partial charge in [-0.25, -0.2) is 4.79 Å². The highest BCUT2D eigenvalue weighted by Crippen LogP contribution is 2.24. The van der Waals surface area contributed by atoms with Crippen molar-refractivity contribution in [1.82, 2.24) is 10.2 Å². The minimum absolute atomic E-state index is 0.0219. The third kappa shape index (κ3) is 4.94. The molecule has 0 aliphatic heterocycles. The fraction of sp³-hybridized carbons (Fsp3) is 0.846. The second-order valence-electron chi connectivity index (χ2n) is 5.36. The van der Waals surface area contributed by atoms with E-state index in [0.717, 1.165) is 19.4 Å². The Hall–Kier alpha value is -1.26. The summed E-state index contributed by atoms with van der Waals surface area (Å²) >= 11 is 0. The maximum atomic E-state index is 12.1. The lowest BCUT2D eigenvalue weighted by Gasteiger charge is -2.30. The van der Waals surface area contributed by atoms with Gasteiger partial charge >= 0.3 is 12.0 Å². The number of urea groups is 1. The SMILES string of the molecule is CC(C)CN(C(=O)NCCC(=O)O)C1CCCC1. The van der Waals surface area contributed by atoms with Gasteiger partial charge in [0.1, 0.15) is 0 Å². The number of carbonyl (C=O) groups excluding carboxylic acids is 1. The van der Waals surface area contributed by atoms with Crippen molar-refractivity contribution in [2.45, 2.75) is 52.0 Å². The molecule has 104 valence electrons. The number of carboxylic acid groups (broad SMARTS) is 1. The van der Waals surface area contributed by atoms with Crippen LogP contribution >= 0.6 is 0 Å². The fourth-order valence-electron chi connectivity index (χ4n) is 2.39. The van der Waals surface area contributed by atoms with Gasteiger partial charge in [-0.15, -0.1) is 0 Å². The van der Waals surface area contributed by atoms with Crippen LogP contribution in [0.15, 0.2) is 0 Å². The maximum Gasteiger partial charge on any atom is 0.317 e. The van der Waals surface area contributed by atoms with Gasteiger partial charge in [0, 0.05) is 19.1 Å². The summed E-state index contributed by atoms with van der Waals surface area (Å²) in [5.41, 5.74) is 0. The van der Waals surface area contributed by atoms with Crippen molar-refractivity contribution in [1.29, 1.82) is 0 Å². The van der Waals surface area contributed by atoms with Gasteiger partial charge in [-0.2, -0.15) is 0 Å². The van der Waals surface area contributed by atoms with E-state index in [4.69, 9.17) is 5.11 Å². The predicted molar refractivity (Wildman–Crippen MR) is 69.5 cm³/mol.